The van der Waals surface area contributed by atoms with E-state index < -0.39 is 0 Å². The average molecular weight is 389 g/mol. The summed E-state index contributed by atoms with van der Waals surface area (Å²) in [6.45, 7) is 0. The number of H-pyrrole nitrogens is 1. The molecule has 23 heavy (non-hydrogen) atoms. The number of fused-ring (bicyclic) bond motifs is 1. The Balaban J connectivity index is 1.52. The molecule has 0 aliphatic heterocycles. The number of halogens is 1. The van der Waals surface area contributed by atoms with Crippen molar-refractivity contribution in [1.29, 1.82) is 0 Å². The lowest BCUT2D eigenvalue weighted by atomic mass is 10.2. The first kappa shape index (κ1) is 15.8. The highest BCUT2D eigenvalue weighted by Crippen LogP contribution is 2.18. The highest BCUT2D eigenvalue weighted by molar-refractivity contribution is 9.10. The second kappa shape index (κ2) is 7.43. The summed E-state index contributed by atoms with van der Waals surface area (Å²) in [4.78, 5) is 19.4. The summed E-state index contributed by atoms with van der Waals surface area (Å²) in [5.41, 5.74) is 5.26. The Morgan fingerprint density at radius 3 is 2.87 bits per heavy atom. The number of thioether (sulfide) groups is 1. The van der Waals surface area contributed by atoms with Crippen molar-refractivity contribution in [2.75, 3.05) is 5.75 Å². The Morgan fingerprint density at radius 1 is 1.26 bits per heavy atom. The fourth-order valence-corrected chi connectivity index (χ4v) is 2.98. The summed E-state index contributed by atoms with van der Waals surface area (Å²) in [5, 5.41) is 4.68. The van der Waals surface area contributed by atoms with Gasteiger partial charge in [-0.2, -0.15) is 5.10 Å². The van der Waals surface area contributed by atoms with Crippen molar-refractivity contribution >= 4 is 50.8 Å². The minimum absolute atomic E-state index is 0.182. The van der Waals surface area contributed by atoms with Crippen molar-refractivity contribution in [1.82, 2.24) is 15.4 Å². The van der Waals surface area contributed by atoms with Gasteiger partial charge in [-0.3, -0.25) is 4.79 Å². The minimum Gasteiger partial charge on any atom is -0.333 e. The van der Waals surface area contributed by atoms with Crippen LogP contribution in [0, 0.1) is 0 Å². The largest absolute Gasteiger partial charge is 0.333 e. The molecule has 0 radical (unpaired) electrons. The number of hydrogen-bond donors (Lipinski definition) is 2. The maximum atomic E-state index is 11.8. The Hall–Kier alpha value is -2.12. The van der Waals surface area contributed by atoms with E-state index in [1.807, 2.05) is 48.5 Å². The van der Waals surface area contributed by atoms with Crippen LogP contribution in [-0.2, 0) is 4.79 Å². The van der Waals surface area contributed by atoms with Crippen LogP contribution in [0.25, 0.3) is 11.0 Å². The van der Waals surface area contributed by atoms with E-state index in [1.165, 1.54) is 11.8 Å². The van der Waals surface area contributed by atoms with Gasteiger partial charge in [-0.15, -0.1) is 0 Å². The van der Waals surface area contributed by atoms with Crippen molar-refractivity contribution in [3.05, 3.63) is 58.6 Å². The number of nitrogens with one attached hydrogen (secondary N) is 2. The van der Waals surface area contributed by atoms with Gasteiger partial charge in [0, 0.05) is 10.0 Å². The molecule has 7 heteroatoms. The zero-order chi connectivity index (χ0) is 16.1. The molecule has 1 heterocycles. The van der Waals surface area contributed by atoms with Crippen molar-refractivity contribution in [2.45, 2.75) is 5.16 Å². The first-order valence-electron chi connectivity index (χ1n) is 6.86. The molecule has 0 saturated heterocycles. The Labute approximate surface area is 145 Å². The fraction of sp³-hybridized carbons (Fsp3) is 0.0625. The van der Waals surface area contributed by atoms with E-state index in [-0.39, 0.29) is 11.7 Å². The van der Waals surface area contributed by atoms with Crippen LogP contribution < -0.4 is 5.43 Å². The highest BCUT2D eigenvalue weighted by Gasteiger charge is 2.06. The maximum absolute atomic E-state index is 11.8. The van der Waals surface area contributed by atoms with Crippen LogP contribution in [0.2, 0.25) is 0 Å². The van der Waals surface area contributed by atoms with Crippen molar-refractivity contribution in [2.24, 2.45) is 5.10 Å². The van der Waals surface area contributed by atoms with Gasteiger partial charge in [0.2, 0.25) is 0 Å². The normalized spacial score (nSPS) is 11.2. The average Bonchev–Trinajstić information content (AvgIpc) is 2.98. The molecule has 3 aromatic rings. The first-order valence-corrected chi connectivity index (χ1v) is 8.64. The number of carbonyl (C=O) groups excluding carboxylic acids is 1. The number of hydrogen-bond acceptors (Lipinski definition) is 4. The number of para-hydroxylation sites is 2. The summed E-state index contributed by atoms with van der Waals surface area (Å²) >= 11 is 4.76. The summed E-state index contributed by atoms with van der Waals surface area (Å²) in [7, 11) is 0. The third kappa shape index (κ3) is 4.20. The monoisotopic (exact) mass is 388 g/mol. The summed E-state index contributed by atoms with van der Waals surface area (Å²) in [6.07, 6.45) is 1.60. The number of amides is 1. The minimum atomic E-state index is -0.182. The maximum Gasteiger partial charge on any atom is 0.250 e. The number of imidazole rings is 1. The summed E-state index contributed by atoms with van der Waals surface area (Å²) in [6, 6.07) is 15.4. The van der Waals surface area contributed by atoms with Gasteiger partial charge in [0.15, 0.2) is 5.16 Å². The van der Waals surface area contributed by atoms with Crippen molar-refractivity contribution < 1.29 is 4.79 Å². The third-order valence-electron chi connectivity index (χ3n) is 3.01. The molecule has 2 N–H and O–H groups in total. The van der Waals surface area contributed by atoms with Crippen LogP contribution in [0.5, 0.6) is 0 Å². The van der Waals surface area contributed by atoms with Gasteiger partial charge in [0.05, 0.1) is 23.0 Å². The number of carbonyl (C=O) groups is 1. The molecule has 2 aromatic carbocycles. The smallest absolute Gasteiger partial charge is 0.250 e. The van der Waals surface area contributed by atoms with Crippen LogP contribution in [0.15, 0.2) is 63.3 Å². The standard InChI is InChI=1S/C16H13BrN4OS/c17-12-6-2-1-5-11(12)9-18-21-15(22)10-23-16-19-13-7-3-4-8-14(13)20-16/h1-9H,10H2,(H,19,20)(H,21,22). The quantitative estimate of drug-likeness (QED) is 0.398. The van der Waals surface area contributed by atoms with E-state index in [9.17, 15) is 4.79 Å². The van der Waals surface area contributed by atoms with Crippen LogP contribution in [0.4, 0.5) is 0 Å². The molecule has 116 valence electrons. The second-order valence-corrected chi connectivity index (χ2v) is 6.48. The fourth-order valence-electron chi connectivity index (χ4n) is 1.92. The predicted octanol–water partition coefficient (Wildman–Crippen LogP) is 3.57. The second-order valence-electron chi connectivity index (χ2n) is 4.66. The molecule has 0 unspecified atom stereocenters. The lowest BCUT2D eigenvalue weighted by Gasteiger charge is -1.99. The number of aromatic amines is 1. The number of benzene rings is 2. The van der Waals surface area contributed by atoms with Gasteiger partial charge in [0.25, 0.3) is 5.91 Å². The Kier molecular flexibility index (Phi) is 5.09. The molecular weight excluding hydrogens is 376 g/mol. The SMILES string of the molecule is O=C(CSc1nc2ccccc2[nH]1)NN=Cc1ccccc1Br. The molecule has 5 nitrogen and oxygen atoms in total. The Morgan fingerprint density at radius 2 is 2.04 bits per heavy atom. The van der Waals surface area contributed by atoms with E-state index in [4.69, 9.17) is 0 Å². The zero-order valence-electron chi connectivity index (χ0n) is 12.0. The van der Waals surface area contributed by atoms with Crippen LogP contribution in [-0.4, -0.2) is 27.8 Å². The van der Waals surface area contributed by atoms with E-state index in [1.54, 1.807) is 6.21 Å². The number of hydrazone groups is 1. The molecule has 0 aliphatic carbocycles. The zero-order valence-corrected chi connectivity index (χ0v) is 14.4. The van der Waals surface area contributed by atoms with Crippen molar-refractivity contribution in [3.63, 3.8) is 0 Å². The number of aromatic nitrogens is 2. The van der Waals surface area contributed by atoms with Gasteiger partial charge < -0.3 is 4.98 Å². The predicted molar refractivity (Wildman–Crippen MR) is 96.7 cm³/mol. The molecular formula is C16H13BrN4OS. The molecule has 0 fully saturated rings. The first-order chi connectivity index (χ1) is 11.2. The molecule has 0 atom stereocenters. The van der Waals surface area contributed by atoms with E-state index in [0.717, 1.165) is 26.2 Å². The van der Waals surface area contributed by atoms with Gasteiger partial charge >= 0.3 is 0 Å². The topological polar surface area (TPSA) is 70.1 Å². The van der Waals surface area contributed by atoms with Gasteiger partial charge in [0.1, 0.15) is 0 Å². The van der Waals surface area contributed by atoms with E-state index in [2.05, 4.69) is 36.4 Å². The number of rotatable bonds is 5. The number of nitrogens with zero attached hydrogens (tertiary/aromatic N) is 2. The molecule has 0 spiro atoms. The molecule has 3 rings (SSSR count). The van der Waals surface area contributed by atoms with Gasteiger partial charge in [-0.1, -0.05) is 58.0 Å². The summed E-state index contributed by atoms with van der Waals surface area (Å²) < 4.78 is 0.926. The van der Waals surface area contributed by atoms with Crippen LogP contribution in [0.3, 0.4) is 0 Å². The molecule has 1 amide bonds. The Bertz CT molecular complexity index is 829. The molecule has 0 saturated carbocycles. The third-order valence-corrected chi connectivity index (χ3v) is 4.60. The lowest BCUT2D eigenvalue weighted by Crippen LogP contribution is -2.19. The molecule has 0 bridgehead atoms. The summed E-state index contributed by atoms with van der Waals surface area (Å²) in [5.74, 6) is 0.0615. The molecule has 0 aliphatic rings. The van der Waals surface area contributed by atoms with Crippen LogP contribution >= 0.6 is 27.7 Å². The van der Waals surface area contributed by atoms with E-state index >= 15 is 0 Å². The highest BCUT2D eigenvalue weighted by atomic mass is 79.9. The lowest BCUT2D eigenvalue weighted by molar-refractivity contribution is -0.118. The van der Waals surface area contributed by atoms with Crippen molar-refractivity contribution in [3.8, 4) is 0 Å². The van der Waals surface area contributed by atoms with Crippen LogP contribution in [0.1, 0.15) is 5.56 Å². The van der Waals surface area contributed by atoms with E-state index in [0.29, 0.717) is 0 Å². The molecule has 1 aromatic heterocycles. The van der Waals surface area contributed by atoms with Gasteiger partial charge in [-0.05, 0) is 18.2 Å². The van der Waals surface area contributed by atoms with Gasteiger partial charge in [-0.25, -0.2) is 10.4 Å².